The molecule has 0 N–H and O–H groups in total. The molecule has 0 amide bonds. The Hall–Kier alpha value is -1.89. The van der Waals surface area contributed by atoms with Crippen molar-refractivity contribution in [3.05, 3.63) is 71.3 Å². The highest BCUT2D eigenvalue weighted by Crippen LogP contribution is 2.37. The van der Waals surface area contributed by atoms with Gasteiger partial charge in [-0.05, 0) is 29.0 Å². The number of carbonyl (C=O) groups excluding carboxylic acids is 1. The van der Waals surface area contributed by atoms with Gasteiger partial charge in [0.1, 0.15) is 5.78 Å². The molecule has 2 aromatic carbocycles. The molecule has 0 saturated carbocycles. The maximum atomic E-state index is 12.0. The lowest BCUT2D eigenvalue weighted by Crippen LogP contribution is -2.20. The van der Waals surface area contributed by atoms with E-state index in [4.69, 9.17) is 0 Å². The molecule has 1 atom stereocenters. The monoisotopic (exact) mass is 236 g/mol. The van der Waals surface area contributed by atoms with Crippen molar-refractivity contribution in [2.45, 2.75) is 25.2 Å². The second-order valence-electron chi connectivity index (χ2n) is 5.01. The molecule has 18 heavy (non-hydrogen) atoms. The lowest BCUT2D eigenvalue weighted by Gasteiger charge is -2.29. The van der Waals surface area contributed by atoms with Gasteiger partial charge >= 0.3 is 0 Å². The Morgan fingerprint density at radius 2 is 1.72 bits per heavy atom. The summed E-state index contributed by atoms with van der Waals surface area (Å²) in [6.45, 7) is 0. The lowest BCUT2D eigenvalue weighted by atomic mass is 9.75. The minimum absolute atomic E-state index is 0.348. The van der Waals surface area contributed by atoms with Gasteiger partial charge in [-0.15, -0.1) is 0 Å². The van der Waals surface area contributed by atoms with E-state index in [1.54, 1.807) is 0 Å². The Morgan fingerprint density at radius 3 is 2.50 bits per heavy atom. The SMILES string of the molecule is O=C(Cc1ccccc1)CC1Cc2ccccc21. The number of hydrogen-bond donors (Lipinski definition) is 0. The zero-order chi connectivity index (χ0) is 12.4. The Bertz CT molecular complexity index is 557. The molecule has 0 radical (unpaired) electrons. The Labute approximate surface area is 107 Å². The highest BCUT2D eigenvalue weighted by molar-refractivity contribution is 5.82. The fourth-order valence-electron chi connectivity index (χ4n) is 2.72. The van der Waals surface area contributed by atoms with Gasteiger partial charge in [0.05, 0.1) is 0 Å². The molecular weight excluding hydrogens is 220 g/mol. The first-order chi connectivity index (χ1) is 8.83. The van der Waals surface area contributed by atoms with Crippen LogP contribution in [0.4, 0.5) is 0 Å². The number of fused-ring (bicyclic) bond motifs is 1. The molecule has 0 aromatic heterocycles. The second-order valence-corrected chi connectivity index (χ2v) is 5.01. The fourth-order valence-corrected chi connectivity index (χ4v) is 2.72. The van der Waals surface area contributed by atoms with Crippen LogP contribution in [0.15, 0.2) is 54.6 Å². The molecule has 0 bridgehead atoms. The predicted molar refractivity (Wildman–Crippen MR) is 72.7 cm³/mol. The summed E-state index contributed by atoms with van der Waals surface area (Å²) in [6, 6.07) is 18.4. The molecule has 1 heteroatoms. The summed E-state index contributed by atoms with van der Waals surface area (Å²) in [7, 11) is 0. The van der Waals surface area contributed by atoms with E-state index in [2.05, 4.69) is 24.3 Å². The quantitative estimate of drug-likeness (QED) is 0.793. The third-order valence-corrected chi connectivity index (χ3v) is 3.68. The highest BCUT2D eigenvalue weighted by atomic mass is 16.1. The summed E-state index contributed by atoms with van der Waals surface area (Å²) in [4.78, 5) is 12.0. The van der Waals surface area contributed by atoms with Crippen LogP contribution in [0, 0.1) is 0 Å². The molecule has 1 unspecified atom stereocenters. The van der Waals surface area contributed by atoms with Crippen molar-refractivity contribution in [2.24, 2.45) is 0 Å². The minimum Gasteiger partial charge on any atom is -0.299 e. The molecule has 2 aromatic rings. The Balaban J connectivity index is 1.61. The molecular formula is C17H16O. The second kappa shape index (κ2) is 4.77. The van der Waals surface area contributed by atoms with E-state index < -0.39 is 0 Å². The van der Waals surface area contributed by atoms with Crippen LogP contribution in [0.3, 0.4) is 0 Å². The van der Waals surface area contributed by atoms with E-state index in [9.17, 15) is 4.79 Å². The zero-order valence-corrected chi connectivity index (χ0v) is 10.3. The molecule has 0 fully saturated rings. The van der Waals surface area contributed by atoms with Crippen molar-refractivity contribution in [3.8, 4) is 0 Å². The fraction of sp³-hybridized carbons (Fsp3) is 0.235. The highest BCUT2D eigenvalue weighted by Gasteiger charge is 2.27. The number of Topliss-reactive ketones (excluding diaryl/α,β-unsaturated/α-hetero) is 1. The number of carbonyl (C=O) groups is 1. The van der Waals surface area contributed by atoms with E-state index in [1.165, 1.54) is 11.1 Å². The molecule has 90 valence electrons. The first-order valence-corrected chi connectivity index (χ1v) is 6.46. The first-order valence-electron chi connectivity index (χ1n) is 6.46. The van der Waals surface area contributed by atoms with Gasteiger partial charge in [0.2, 0.25) is 0 Å². The molecule has 1 nitrogen and oxygen atoms in total. The van der Waals surface area contributed by atoms with Crippen LogP contribution in [0.25, 0.3) is 0 Å². The van der Waals surface area contributed by atoms with Gasteiger partial charge in [0.25, 0.3) is 0 Å². The molecule has 0 heterocycles. The molecule has 1 aliphatic carbocycles. The van der Waals surface area contributed by atoms with Gasteiger partial charge in [0.15, 0.2) is 0 Å². The van der Waals surface area contributed by atoms with E-state index >= 15 is 0 Å². The van der Waals surface area contributed by atoms with Crippen molar-refractivity contribution in [2.75, 3.05) is 0 Å². The van der Waals surface area contributed by atoms with Gasteiger partial charge in [0, 0.05) is 12.8 Å². The van der Waals surface area contributed by atoms with Crippen molar-refractivity contribution < 1.29 is 4.79 Å². The normalized spacial score (nSPS) is 16.8. The lowest BCUT2D eigenvalue weighted by molar-refractivity contribution is -0.118. The summed E-state index contributed by atoms with van der Waals surface area (Å²) in [5.74, 6) is 0.804. The van der Waals surface area contributed by atoms with Crippen LogP contribution in [-0.4, -0.2) is 5.78 Å². The molecule has 0 spiro atoms. The molecule has 3 rings (SSSR count). The maximum absolute atomic E-state index is 12.0. The Morgan fingerprint density at radius 1 is 1.00 bits per heavy atom. The first kappa shape index (κ1) is 11.2. The summed E-state index contributed by atoms with van der Waals surface area (Å²) in [6.07, 6.45) is 2.32. The maximum Gasteiger partial charge on any atom is 0.137 e. The van der Waals surface area contributed by atoms with Gasteiger partial charge in [-0.3, -0.25) is 4.79 Å². The van der Waals surface area contributed by atoms with Gasteiger partial charge in [-0.25, -0.2) is 0 Å². The molecule has 1 aliphatic rings. The van der Waals surface area contributed by atoms with Crippen LogP contribution in [-0.2, 0) is 17.6 Å². The third kappa shape index (κ3) is 2.21. The standard InChI is InChI=1S/C17H16O/c18-16(10-13-6-2-1-3-7-13)12-15-11-14-8-4-5-9-17(14)15/h1-9,15H,10-12H2. The van der Waals surface area contributed by atoms with Gasteiger partial charge < -0.3 is 0 Å². The third-order valence-electron chi connectivity index (χ3n) is 3.68. The molecule has 0 aliphatic heterocycles. The number of rotatable bonds is 4. The van der Waals surface area contributed by atoms with Crippen LogP contribution >= 0.6 is 0 Å². The smallest absolute Gasteiger partial charge is 0.137 e. The topological polar surface area (TPSA) is 17.1 Å². The van der Waals surface area contributed by atoms with Crippen LogP contribution in [0.1, 0.15) is 29.0 Å². The van der Waals surface area contributed by atoms with Gasteiger partial charge in [-0.2, -0.15) is 0 Å². The van der Waals surface area contributed by atoms with E-state index in [0.29, 0.717) is 24.5 Å². The van der Waals surface area contributed by atoms with E-state index in [0.717, 1.165) is 12.0 Å². The van der Waals surface area contributed by atoms with E-state index in [1.807, 2.05) is 30.3 Å². The summed E-state index contributed by atoms with van der Waals surface area (Å²) >= 11 is 0. The zero-order valence-electron chi connectivity index (χ0n) is 10.3. The minimum atomic E-state index is 0.348. The van der Waals surface area contributed by atoms with Crippen molar-refractivity contribution in [3.63, 3.8) is 0 Å². The Kier molecular flexibility index (Phi) is 2.97. The summed E-state index contributed by atoms with van der Waals surface area (Å²) < 4.78 is 0. The van der Waals surface area contributed by atoms with Crippen molar-refractivity contribution in [1.29, 1.82) is 0 Å². The molecule has 0 saturated heterocycles. The number of hydrogen-bond acceptors (Lipinski definition) is 1. The van der Waals surface area contributed by atoms with Gasteiger partial charge in [-0.1, -0.05) is 54.6 Å². The van der Waals surface area contributed by atoms with Crippen molar-refractivity contribution in [1.82, 2.24) is 0 Å². The number of benzene rings is 2. The summed E-state index contributed by atoms with van der Waals surface area (Å²) in [5, 5.41) is 0. The van der Waals surface area contributed by atoms with Crippen LogP contribution in [0.2, 0.25) is 0 Å². The summed E-state index contributed by atoms with van der Waals surface area (Å²) in [5.41, 5.74) is 3.91. The average Bonchev–Trinajstić information content (AvgIpc) is 2.37. The largest absolute Gasteiger partial charge is 0.299 e. The van der Waals surface area contributed by atoms with Crippen LogP contribution < -0.4 is 0 Å². The van der Waals surface area contributed by atoms with Crippen LogP contribution in [0.5, 0.6) is 0 Å². The van der Waals surface area contributed by atoms with E-state index in [-0.39, 0.29) is 0 Å². The predicted octanol–water partition coefficient (Wildman–Crippen LogP) is 3.53. The average molecular weight is 236 g/mol. The number of ketones is 1. The van der Waals surface area contributed by atoms with Crippen molar-refractivity contribution >= 4 is 5.78 Å².